The van der Waals surface area contributed by atoms with Crippen LogP contribution in [0.25, 0.3) is 21.8 Å². The Morgan fingerprint density at radius 1 is 1.02 bits per heavy atom. The summed E-state index contributed by atoms with van der Waals surface area (Å²) < 4.78 is 73.7. The van der Waals surface area contributed by atoms with Crippen LogP contribution in [-0.4, -0.2) is 70.6 Å². The van der Waals surface area contributed by atoms with Gasteiger partial charge in [0.05, 0.1) is 29.7 Å². The summed E-state index contributed by atoms with van der Waals surface area (Å²) in [4.78, 5) is 1.99. The number of alkyl halides is 3. The zero-order valence-electron chi connectivity index (χ0n) is 21.7. The number of rotatable bonds is 8. The number of hydrogen-bond acceptors (Lipinski definition) is 6. The van der Waals surface area contributed by atoms with Gasteiger partial charge in [-0.15, -0.1) is 13.2 Å². The fraction of sp³-hybridized carbons (Fsp3) is 0.333. The zero-order valence-corrected chi connectivity index (χ0v) is 24.0. The van der Waals surface area contributed by atoms with Gasteiger partial charge in [-0.2, -0.15) is 0 Å². The molecule has 1 fully saturated rings. The molecule has 4 aromatic rings. The van der Waals surface area contributed by atoms with E-state index in [2.05, 4.69) is 9.46 Å². The van der Waals surface area contributed by atoms with Gasteiger partial charge >= 0.3 is 6.36 Å². The highest BCUT2D eigenvalue weighted by atomic mass is 35.5. The van der Waals surface area contributed by atoms with Gasteiger partial charge in [-0.25, -0.2) is 13.7 Å². The van der Waals surface area contributed by atoms with Crippen LogP contribution in [0.15, 0.2) is 65.6 Å². The minimum Gasteiger partial charge on any atom is -0.406 e. The molecular weight excluding hydrogens is 604 g/mol. The Kier molecular flexibility index (Phi) is 8.46. The number of fused-ring (bicyclic) bond motifs is 3. The molecule has 41 heavy (non-hydrogen) atoms. The topological polar surface area (TPSA) is 99.8 Å². The smallest absolute Gasteiger partial charge is 0.406 e. The predicted octanol–water partition coefficient (Wildman–Crippen LogP) is 5.84. The van der Waals surface area contributed by atoms with Crippen molar-refractivity contribution in [2.45, 2.75) is 29.4 Å². The fourth-order valence-corrected chi connectivity index (χ4v) is 6.96. The predicted molar refractivity (Wildman–Crippen MR) is 152 cm³/mol. The van der Waals surface area contributed by atoms with Gasteiger partial charge in [0.2, 0.25) is 0 Å². The van der Waals surface area contributed by atoms with Crippen molar-refractivity contribution in [2.75, 3.05) is 33.4 Å². The van der Waals surface area contributed by atoms with Gasteiger partial charge in [0.25, 0.3) is 0 Å². The molecule has 1 saturated heterocycles. The molecule has 5 rings (SSSR count). The van der Waals surface area contributed by atoms with E-state index >= 15 is 0 Å². The number of nitrogens with one attached hydrogen (secondary N) is 2. The number of aliphatic hydroxyl groups is 1. The van der Waals surface area contributed by atoms with Crippen LogP contribution >= 0.6 is 23.2 Å². The number of piperidine rings is 1. The molecule has 0 bridgehead atoms. The lowest BCUT2D eigenvalue weighted by Crippen LogP contribution is -2.59. The number of aromatic nitrogens is 1. The molecule has 3 N–H and O–H groups in total. The summed E-state index contributed by atoms with van der Waals surface area (Å²) in [6.07, 6.45) is -5.98. The summed E-state index contributed by atoms with van der Waals surface area (Å²) in [6.45, 7) is 1.59. The molecule has 0 spiro atoms. The Hall–Kier alpha value is -2.58. The van der Waals surface area contributed by atoms with Crippen LogP contribution in [0.5, 0.6) is 5.75 Å². The van der Waals surface area contributed by atoms with Crippen molar-refractivity contribution < 1.29 is 32.0 Å². The zero-order chi connectivity index (χ0) is 29.5. The van der Waals surface area contributed by atoms with Crippen molar-refractivity contribution in [3.05, 3.63) is 70.7 Å². The second-order valence-corrected chi connectivity index (χ2v) is 12.5. The first-order valence-corrected chi connectivity index (χ1v) is 14.9. The summed E-state index contributed by atoms with van der Waals surface area (Å²) in [5, 5.41) is 14.5. The lowest BCUT2D eigenvalue weighted by molar-refractivity contribution is -0.274. The molecular formula is C27H27Cl2F3N4O4S. The quantitative estimate of drug-likeness (QED) is 0.227. The van der Waals surface area contributed by atoms with E-state index < -0.39 is 40.2 Å². The van der Waals surface area contributed by atoms with Gasteiger partial charge in [-0.3, -0.25) is 4.90 Å². The van der Waals surface area contributed by atoms with Crippen LogP contribution < -0.4 is 9.46 Å². The lowest BCUT2D eigenvalue weighted by atomic mass is 9.97. The van der Waals surface area contributed by atoms with Gasteiger partial charge in [0, 0.05) is 58.6 Å². The standard InChI is InChI=1S/C27H27Cl2F3N4O4S/c1-39-11-10-35-14-22(34-41(33,38)19-6-4-18(5-7-19)40-27(30,31)32)26(37)25(15-35)36-23-8-2-16(28)12-20(23)21-13-17(29)3-9-24(21)36/h2-9,12-13,22,25-26,37H,10-11,14-15H2,1H3,(H2,33,34,38). The molecule has 0 radical (unpaired) electrons. The van der Waals surface area contributed by atoms with Crippen LogP contribution in [0.3, 0.4) is 0 Å². The number of benzene rings is 3. The van der Waals surface area contributed by atoms with Gasteiger partial charge in [0.1, 0.15) is 15.7 Å². The second-order valence-electron chi connectivity index (χ2n) is 9.80. The minimum absolute atomic E-state index is 0.0501. The van der Waals surface area contributed by atoms with Crippen molar-refractivity contribution in [1.29, 1.82) is 4.78 Å². The molecule has 8 nitrogen and oxygen atoms in total. The largest absolute Gasteiger partial charge is 0.573 e. The van der Waals surface area contributed by atoms with Crippen molar-refractivity contribution in [2.24, 2.45) is 0 Å². The first-order valence-electron chi connectivity index (χ1n) is 12.6. The normalized spacial score (nSPS) is 21.8. The third-order valence-electron chi connectivity index (χ3n) is 7.08. The Labute approximate surface area is 244 Å². The van der Waals surface area contributed by atoms with Crippen molar-refractivity contribution in [3.8, 4) is 5.75 Å². The van der Waals surface area contributed by atoms with Gasteiger partial charge in [0.15, 0.2) is 0 Å². The van der Waals surface area contributed by atoms with E-state index in [1.54, 1.807) is 19.2 Å². The van der Waals surface area contributed by atoms with E-state index in [0.29, 0.717) is 29.7 Å². The molecule has 4 unspecified atom stereocenters. The summed E-state index contributed by atoms with van der Waals surface area (Å²) in [5.74, 6) is -0.494. The number of nitrogens with zero attached hydrogens (tertiary/aromatic N) is 2. The van der Waals surface area contributed by atoms with Gasteiger partial charge < -0.3 is 19.1 Å². The molecule has 1 aliphatic heterocycles. The average Bonchev–Trinajstić information content (AvgIpc) is 3.20. The number of methoxy groups -OCH3 is 1. The number of halogens is 5. The van der Waals surface area contributed by atoms with Crippen LogP contribution in [0.2, 0.25) is 10.0 Å². The maximum atomic E-state index is 13.5. The van der Waals surface area contributed by atoms with E-state index in [-0.39, 0.29) is 11.4 Å². The number of ether oxygens (including phenoxy) is 2. The molecule has 0 aliphatic carbocycles. The Bertz CT molecular complexity index is 1610. The first-order chi connectivity index (χ1) is 19.4. The average molecular weight is 632 g/mol. The van der Waals surface area contributed by atoms with Crippen molar-refractivity contribution in [1.82, 2.24) is 14.2 Å². The van der Waals surface area contributed by atoms with Gasteiger partial charge in [-0.1, -0.05) is 23.2 Å². The highest BCUT2D eigenvalue weighted by Gasteiger charge is 2.39. The van der Waals surface area contributed by atoms with Crippen LogP contribution in [0.1, 0.15) is 6.04 Å². The lowest BCUT2D eigenvalue weighted by Gasteiger charge is -2.43. The van der Waals surface area contributed by atoms with Crippen LogP contribution in [0.4, 0.5) is 13.2 Å². The molecule has 4 atom stereocenters. The fourth-order valence-electron chi connectivity index (χ4n) is 5.32. The molecule has 14 heteroatoms. The second kappa shape index (κ2) is 11.6. The molecule has 0 amide bonds. The molecule has 3 aromatic carbocycles. The van der Waals surface area contributed by atoms with E-state index in [4.69, 9.17) is 32.7 Å². The summed E-state index contributed by atoms with van der Waals surface area (Å²) in [6, 6.07) is 13.8. The molecule has 1 aromatic heterocycles. The van der Waals surface area contributed by atoms with Crippen LogP contribution in [0, 0.1) is 4.78 Å². The number of likely N-dealkylation sites (tertiary alicyclic amines) is 1. The first kappa shape index (κ1) is 29.9. The van der Waals surface area contributed by atoms with E-state index in [1.165, 1.54) is 0 Å². The molecule has 0 saturated carbocycles. The minimum atomic E-state index is -4.88. The highest BCUT2D eigenvalue weighted by molar-refractivity contribution is 7.90. The SMILES string of the molecule is COCCN1CC(NS(=N)(=O)c2ccc(OC(F)(F)F)cc2)C(O)C(n2c3ccc(Cl)cc3c3cc(Cl)ccc32)C1. The number of hydrogen-bond donors (Lipinski definition) is 3. The number of aliphatic hydroxyl groups excluding tert-OH is 1. The van der Waals surface area contributed by atoms with E-state index in [9.17, 15) is 22.5 Å². The van der Waals surface area contributed by atoms with E-state index in [1.807, 2.05) is 33.7 Å². The maximum absolute atomic E-state index is 13.5. The third kappa shape index (κ3) is 6.43. The van der Waals surface area contributed by atoms with Crippen molar-refractivity contribution >= 4 is 54.9 Å². The Balaban J connectivity index is 1.51. The third-order valence-corrected chi connectivity index (χ3v) is 9.12. The maximum Gasteiger partial charge on any atom is 0.573 e. The Morgan fingerprint density at radius 2 is 1.61 bits per heavy atom. The summed E-state index contributed by atoms with van der Waals surface area (Å²) >= 11 is 12.6. The Morgan fingerprint density at radius 3 is 2.15 bits per heavy atom. The van der Waals surface area contributed by atoms with Crippen molar-refractivity contribution in [3.63, 3.8) is 0 Å². The highest BCUT2D eigenvalue weighted by Crippen LogP contribution is 2.38. The molecule has 2 heterocycles. The van der Waals surface area contributed by atoms with Crippen LogP contribution in [-0.2, 0) is 14.7 Å². The monoisotopic (exact) mass is 630 g/mol. The molecule has 1 aliphatic rings. The summed E-state index contributed by atoms with van der Waals surface area (Å²) in [7, 11) is -2.16. The van der Waals surface area contributed by atoms with E-state index in [0.717, 1.165) is 46.1 Å². The van der Waals surface area contributed by atoms with Gasteiger partial charge in [-0.05, 0) is 60.7 Å². The molecule has 220 valence electrons. The summed E-state index contributed by atoms with van der Waals surface area (Å²) in [5.41, 5.74) is 1.63.